The smallest absolute Gasteiger partial charge is 0.255 e. The Hall–Kier alpha value is -3.95. The number of nitrogens with one attached hydrogen (secondary N) is 1. The topological polar surface area (TPSA) is 99.2 Å². The van der Waals surface area contributed by atoms with Gasteiger partial charge in [0.05, 0.1) is 11.6 Å². The first-order valence-electron chi connectivity index (χ1n) is 11.6. The van der Waals surface area contributed by atoms with E-state index in [1.54, 1.807) is 36.4 Å². The SMILES string of the molecule is N#Cc1ccc(C(=O)N(Cc2ccc(NC(=O)c3ccccc3)cc2)C2CCC(N)CC2)cc1. The molecule has 0 aliphatic heterocycles. The number of nitrogens with zero attached hydrogens (tertiary/aromatic N) is 2. The number of hydrogen-bond acceptors (Lipinski definition) is 4. The predicted octanol–water partition coefficient (Wildman–Crippen LogP) is 4.72. The van der Waals surface area contributed by atoms with Gasteiger partial charge in [-0.2, -0.15) is 5.26 Å². The summed E-state index contributed by atoms with van der Waals surface area (Å²) in [5.74, 6) is -0.212. The molecule has 34 heavy (non-hydrogen) atoms. The monoisotopic (exact) mass is 452 g/mol. The van der Waals surface area contributed by atoms with Crippen molar-refractivity contribution < 1.29 is 9.59 Å². The van der Waals surface area contributed by atoms with Gasteiger partial charge in [0.15, 0.2) is 0 Å². The first-order chi connectivity index (χ1) is 16.5. The zero-order chi connectivity index (χ0) is 23.9. The molecule has 0 spiro atoms. The molecular formula is C28H28N4O2. The molecule has 1 fully saturated rings. The number of hydrogen-bond donors (Lipinski definition) is 2. The minimum absolute atomic E-state index is 0.0496. The molecule has 172 valence electrons. The van der Waals surface area contributed by atoms with Crippen molar-refractivity contribution in [1.29, 1.82) is 5.26 Å². The molecule has 0 unspecified atom stereocenters. The first kappa shape index (κ1) is 23.2. The van der Waals surface area contributed by atoms with Crippen LogP contribution in [0.1, 0.15) is 57.5 Å². The highest BCUT2D eigenvalue weighted by Crippen LogP contribution is 2.26. The van der Waals surface area contributed by atoms with E-state index in [0.717, 1.165) is 31.2 Å². The molecule has 1 aliphatic rings. The normalized spacial score (nSPS) is 17.4. The summed E-state index contributed by atoms with van der Waals surface area (Å²) in [6.07, 6.45) is 3.53. The van der Waals surface area contributed by atoms with Gasteiger partial charge in [-0.1, -0.05) is 30.3 Å². The van der Waals surface area contributed by atoms with Gasteiger partial charge in [-0.3, -0.25) is 9.59 Å². The van der Waals surface area contributed by atoms with E-state index in [4.69, 9.17) is 11.0 Å². The lowest BCUT2D eigenvalue weighted by atomic mass is 9.90. The fourth-order valence-corrected chi connectivity index (χ4v) is 4.32. The maximum Gasteiger partial charge on any atom is 0.255 e. The largest absolute Gasteiger partial charge is 0.331 e. The Morgan fingerprint density at radius 1 is 0.882 bits per heavy atom. The van der Waals surface area contributed by atoms with Gasteiger partial charge in [-0.25, -0.2) is 0 Å². The Bertz CT molecular complexity index is 1160. The molecular weight excluding hydrogens is 424 g/mol. The summed E-state index contributed by atoms with van der Waals surface area (Å²) < 4.78 is 0. The number of nitrogens with two attached hydrogens (primary N) is 1. The van der Waals surface area contributed by atoms with Gasteiger partial charge >= 0.3 is 0 Å². The molecule has 3 aromatic carbocycles. The van der Waals surface area contributed by atoms with Gasteiger partial charge in [0, 0.05) is 35.4 Å². The molecule has 3 aromatic rings. The zero-order valence-corrected chi connectivity index (χ0v) is 19.0. The van der Waals surface area contributed by atoms with Crippen LogP contribution in [0, 0.1) is 11.3 Å². The lowest BCUT2D eigenvalue weighted by molar-refractivity contribution is 0.0606. The molecule has 6 nitrogen and oxygen atoms in total. The number of rotatable bonds is 6. The summed E-state index contributed by atoms with van der Waals surface area (Å²) >= 11 is 0. The van der Waals surface area contributed by atoms with E-state index in [1.165, 1.54) is 0 Å². The molecule has 0 saturated heterocycles. The molecule has 0 radical (unpaired) electrons. The molecule has 0 aromatic heterocycles. The van der Waals surface area contributed by atoms with E-state index in [2.05, 4.69) is 11.4 Å². The minimum Gasteiger partial charge on any atom is -0.331 e. The summed E-state index contributed by atoms with van der Waals surface area (Å²) in [4.78, 5) is 27.8. The van der Waals surface area contributed by atoms with Crippen molar-refractivity contribution in [3.05, 3.63) is 101 Å². The van der Waals surface area contributed by atoms with Gasteiger partial charge in [-0.15, -0.1) is 0 Å². The number of nitriles is 1. The molecule has 0 bridgehead atoms. The van der Waals surface area contributed by atoms with E-state index in [9.17, 15) is 9.59 Å². The van der Waals surface area contributed by atoms with Crippen LogP contribution < -0.4 is 11.1 Å². The Morgan fingerprint density at radius 2 is 1.53 bits per heavy atom. The van der Waals surface area contributed by atoms with Crippen LogP contribution in [0.25, 0.3) is 0 Å². The van der Waals surface area contributed by atoms with E-state index in [0.29, 0.717) is 28.9 Å². The minimum atomic E-state index is -0.162. The van der Waals surface area contributed by atoms with Crippen molar-refractivity contribution in [2.75, 3.05) is 5.32 Å². The highest BCUT2D eigenvalue weighted by molar-refractivity contribution is 6.04. The summed E-state index contributed by atoms with van der Waals surface area (Å²) in [7, 11) is 0. The Morgan fingerprint density at radius 3 is 2.15 bits per heavy atom. The number of carbonyl (C=O) groups is 2. The van der Waals surface area contributed by atoms with Crippen LogP contribution >= 0.6 is 0 Å². The Labute approximate surface area is 200 Å². The van der Waals surface area contributed by atoms with Gasteiger partial charge in [0.1, 0.15) is 0 Å². The number of anilines is 1. The van der Waals surface area contributed by atoms with Crippen LogP contribution in [-0.4, -0.2) is 28.8 Å². The molecule has 6 heteroatoms. The zero-order valence-electron chi connectivity index (χ0n) is 19.0. The van der Waals surface area contributed by atoms with Gasteiger partial charge < -0.3 is 16.0 Å². The number of carbonyl (C=O) groups excluding carboxylic acids is 2. The molecule has 4 rings (SSSR count). The van der Waals surface area contributed by atoms with Crippen LogP contribution in [0.4, 0.5) is 5.69 Å². The van der Waals surface area contributed by atoms with Crippen molar-refractivity contribution in [1.82, 2.24) is 4.90 Å². The summed E-state index contributed by atoms with van der Waals surface area (Å²) in [6, 6.07) is 25.8. The quantitative estimate of drug-likeness (QED) is 0.565. The van der Waals surface area contributed by atoms with Crippen LogP contribution in [0.2, 0.25) is 0 Å². The second-order valence-electron chi connectivity index (χ2n) is 8.71. The fraction of sp³-hybridized carbons (Fsp3) is 0.250. The predicted molar refractivity (Wildman–Crippen MR) is 132 cm³/mol. The molecule has 1 aliphatic carbocycles. The van der Waals surface area contributed by atoms with E-state index >= 15 is 0 Å². The molecule has 0 heterocycles. The average molecular weight is 453 g/mol. The van der Waals surface area contributed by atoms with Crippen molar-refractivity contribution >= 4 is 17.5 Å². The molecule has 1 saturated carbocycles. The van der Waals surface area contributed by atoms with Crippen molar-refractivity contribution in [2.45, 2.75) is 44.3 Å². The molecule has 2 amide bonds. The number of benzene rings is 3. The lowest BCUT2D eigenvalue weighted by Gasteiger charge is -2.36. The third-order valence-corrected chi connectivity index (χ3v) is 6.30. The van der Waals surface area contributed by atoms with Crippen LogP contribution in [0.15, 0.2) is 78.9 Å². The van der Waals surface area contributed by atoms with E-state index in [-0.39, 0.29) is 23.9 Å². The van der Waals surface area contributed by atoms with Crippen molar-refractivity contribution in [3.63, 3.8) is 0 Å². The van der Waals surface area contributed by atoms with Gasteiger partial charge in [-0.05, 0) is 79.8 Å². The van der Waals surface area contributed by atoms with E-state index in [1.807, 2.05) is 47.4 Å². The van der Waals surface area contributed by atoms with E-state index < -0.39 is 0 Å². The van der Waals surface area contributed by atoms with Crippen LogP contribution in [0.5, 0.6) is 0 Å². The standard InChI is InChI=1S/C28H28N4O2/c29-18-20-6-10-23(11-7-20)28(34)32(26-16-12-24(30)13-17-26)19-21-8-14-25(15-9-21)31-27(33)22-4-2-1-3-5-22/h1-11,14-15,24,26H,12-13,16-17,19,30H2,(H,31,33). The molecule has 3 N–H and O–H groups in total. The maximum atomic E-state index is 13.5. The highest BCUT2D eigenvalue weighted by Gasteiger charge is 2.28. The second-order valence-corrected chi connectivity index (χ2v) is 8.71. The third kappa shape index (κ3) is 5.69. The Balaban J connectivity index is 1.49. The maximum absolute atomic E-state index is 13.5. The van der Waals surface area contributed by atoms with Gasteiger partial charge in [0.25, 0.3) is 11.8 Å². The van der Waals surface area contributed by atoms with Crippen molar-refractivity contribution in [2.24, 2.45) is 5.73 Å². The highest BCUT2D eigenvalue weighted by atomic mass is 16.2. The van der Waals surface area contributed by atoms with Crippen molar-refractivity contribution in [3.8, 4) is 6.07 Å². The number of amides is 2. The first-order valence-corrected chi connectivity index (χ1v) is 11.6. The average Bonchev–Trinajstić information content (AvgIpc) is 2.89. The third-order valence-electron chi connectivity index (χ3n) is 6.30. The summed E-state index contributed by atoms with van der Waals surface area (Å²) in [6.45, 7) is 0.464. The fourth-order valence-electron chi connectivity index (χ4n) is 4.32. The lowest BCUT2D eigenvalue weighted by Crippen LogP contribution is -2.43. The second kappa shape index (κ2) is 10.8. The van der Waals surface area contributed by atoms with Gasteiger partial charge in [0.2, 0.25) is 0 Å². The summed E-state index contributed by atoms with van der Waals surface area (Å²) in [5.41, 5.74) is 9.48. The molecule has 0 atom stereocenters. The van der Waals surface area contributed by atoms with Crippen LogP contribution in [-0.2, 0) is 6.54 Å². The summed E-state index contributed by atoms with van der Waals surface area (Å²) in [5, 5.41) is 12.0. The Kier molecular flexibility index (Phi) is 7.36. The van der Waals surface area contributed by atoms with Crippen LogP contribution in [0.3, 0.4) is 0 Å².